The summed E-state index contributed by atoms with van der Waals surface area (Å²) in [7, 11) is 1.68. The molecule has 0 unspecified atom stereocenters. The Labute approximate surface area is 166 Å². The fraction of sp³-hybridized carbons (Fsp3) is 0.364. The molecule has 146 valence electrons. The number of benzene rings is 2. The normalized spacial score (nSPS) is 19.8. The number of amides is 1. The van der Waals surface area contributed by atoms with Crippen molar-refractivity contribution in [1.82, 2.24) is 5.01 Å². The third-order valence-corrected chi connectivity index (χ3v) is 5.58. The van der Waals surface area contributed by atoms with Gasteiger partial charge in [0, 0.05) is 18.3 Å². The molecule has 4 rings (SSSR count). The molecule has 2 aromatic rings. The van der Waals surface area contributed by atoms with Crippen LogP contribution in [0.15, 0.2) is 59.7 Å². The minimum absolute atomic E-state index is 0.0358. The number of hydrazone groups is 1. The van der Waals surface area contributed by atoms with Crippen LogP contribution in [0.1, 0.15) is 18.0 Å². The summed E-state index contributed by atoms with van der Waals surface area (Å²) in [4.78, 5) is 16.6. The summed E-state index contributed by atoms with van der Waals surface area (Å²) in [6.45, 7) is 4.29. The summed E-state index contributed by atoms with van der Waals surface area (Å²) >= 11 is 0. The molecule has 0 saturated carbocycles. The summed E-state index contributed by atoms with van der Waals surface area (Å²) in [6.07, 6.45) is 2.64. The fourth-order valence-electron chi connectivity index (χ4n) is 3.95. The molecule has 2 aliphatic rings. The molecule has 2 aliphatic heterocycles. The molecule has 0 aliphatic carbocycles. The van der Waals surface area contributed by atoms with Crippen molar-refractivity contribution in [2.24, 2.45) is 5.10 Å². The van der Waals surface area contributed by atoms with Crippen molar-refractivity contribution >= 4 is 17.8 Å². The first kappa shape index (κ1) is 18.5. The van der Waals surface area contributed by atoms with E-state index in [2.05, 4.69) is 34.3 Å². The van der Waals surface area contributed by atoms with E-state index < -0.39 is 0 Å². The number of carbonyl (C=O) groups is 1. The fourth-order valence-corrected chi connectivity index (χ4v) is 3.95. The van der Waals surface area contributed by atoms with Gasteiger partial charge in [-0.25, -0.2) is 5.01 Å². The second kappa shape index (κ2) is 8.44. The number of quaternary nitrogens is 1. The molecule has 1 amide bonds. The van der Waals surface area contributed by atoms with Crippen molar-refractivity contribution in [2.75, 3.05) is 44.7 Å². The average Bonchev–Trinajstić information content (AvgIpc) is 3.25. The number of hydrogen-bond donors (Lipinski definition) is 1. The summed E-state index contributed by atoms with van der Waals surface area (Å²) < 4.78 is 5.23. The molecule has 2 heterocycles. The number of piperazine rings is 1. The van der Waals surface area contributed by atoms with Crippen LogP contribution in [-0.2, 0) is 4.79 Å². The SMILES string of the molecule is COc1ccc(N2CC[NH+](CC(=O)N3N=CC[C@@H]3c3ccccc3)CC2)cc1. The van der Waals surface area contributed by atoms with Gasteiger partial charge in [-0.3, -0.25) is 4.79 Å². The molecule has 1 atom stereocenters. The second-order valence-electron chi connectivity index (χ2n) is 7.31. The van der Waals surface area contributed by atoms with Gasteiger partial charge in [-0.2, -0.15) is 5.10 Å². The van der Waals surface area contributed by atoms with Crippen molar-refractivity contribution in [3.63, 3.8) is 0 Å². The van der Waals surface area contributed by atoms with Crippen LogP contribution in [0.4, 0.5) is 5.69 Å². The van der Waals surface area contributed by atoms with Crippen molar-refractivity contribution in [3.8, 4) is 5.75 Å². The summed E-state index contributed by atoms with van der Waals surface area (Å²) in [5.74, 6) is 0.980. The minimum atomic E-state index is 0.0358. The Kier molecular flexibility index (Phi) is 5.58. The second-order valence-corrected chi connectivity index (χ2v) is 7.31. The maximum absolute atomic E-state index is 12.9. The minimum Gasteiger partial charge on any atom is -0.497 e. The highest BCUT2D eigenvalue weighted by molar-refractivity contribution is 5.80. The van der Waals surface area contributed by atoms with E-state index in [1.165, 1.54) is 10.6 Å². The number of nitrogens with one attached hydrogen (secondary N) is 1. The van der Waals surface area contributed by atoms with Crippen LogP contribution in [-0.4, -0.2) is 57.0 Å². The molecule has 1 fully saturated rings. The van der Waals surface area contributed by atoms with Gasteiger partial charge in [0.2, 0.25) is 0 Å². The molecule has 0 bridgehead atoms. The molecule has 1 saturated heterocycles. The Bertz CT molecular complexity index is 814. The Morgan fingerprint density at radius 3 is 2.50 bits per heavy atom. The van der Waals surface area contributed by atoms with E-state index in [9.17, 15) is 4.79 Å². The van der Waals surface area contributed by atoms with Gasteiger partial charge in [0.15, 0.2) is 6.54 Å². The van der Waals surface area contributed by atoms with E-state index >= 15 is 0 Å². The van der Waals surface area contributed by atoms with E-state index in [0.717, 1.165) is 43.9 Å². The Balaban J connectivity index is 1.31. The number of rotatable bonds is 5. The number of anilines is 1. The van der Waals surface area contributed by atoms with E-state index in [4.69, 9.17) is 4.74 Å². The highest BCUT2D eigenvalue weighted by atomic mass is 16.5. The lowest BCUT2D eigenvalue weighted by atomic mass is 10.0. The van der Waals surface area contributed by atoms with Crippen molar-refractivity contribution < 1.29 is 14.4 Å². The maximum Gasteiger partial charge on any atom is 0.298 e. The highest BCUT2D eigenvalue weighted by Crippen LogP contribution is 2.27. The zero-order chi connectivity index (χ0) is 19.3. The monoisotopic (exact) mass is 379 g/mol. The van der Waals surface area contributed by atoms with Crippen LogP contribution in [0.3, 0.4) is 0 Å². The lowest BCUT2D eigenvalue weighted by Crippen LogP contribution is -3.15. The number of carbonyl (C=O) groups excluding carboxylic acids is 1. The number of hydrogen-bond acceptors (Lipinski definition) is 4. The molecule has 0 aromatic heterocycles. The van der Waals surface area contributed by atoms with E-state index in [0.29, 0.717) is 6.54 Å². The average molecular weight is 379 g/mol. The van der Waals surface area contributed by atoms with Gasteiger partial charge < -0.3 is 14.5 Å². The molecule has 6 heteroatoms. The van der Waals surface area contributed by atoms with E-state index in [-0.39, 0.29) is 11.9 Å². The zero-order valence-electron chi connectivity index (χ0n) is 16.3. The standard InChI is InChI=1S/C22H26N4O2/c1-28-20-9-7-19(8-10-20)25-15-13-24(14-16-25)17-22(27)26-21(11-12-23-26)18-5-3-2-4-6-18/h2-10,12,21H,11,13-17H2,1H3/p+1/t21-/m1/s1. The third-order valence-electron chi connectivity index (χ3n) is 5.58. The number of ether oxygens (including phenoxy) is 1. The quantitative estimate of drug-likeness (QED) is 0.854. The Morgan fingerprint density at radius 2 is 1.82 bits per heavy atom. The van der Waals surface area contributed by atoms with Crippen LogP contribution in [0, 0.1) is 0 Å². The number of nitrogens with zero attached hydrogens (tertiary/aromatic N) is 3. The smallest absolute Gasteiger partial charge is 0.298 e. The van der Waals surface area contributed by atoms with Crippen LogP contribution in [0.2, 0.25) is 0 Å². The highest BCUT2D eigenvalue weighted by Gasteiger charge is 2.31. The third kappa shape index (κ3) is 4.02. The summed E-state index contributed by atoms with van der Waals surface area (Å²) in [6, 6.07) is 18.4. The van der Waals surface area contributed by atoms with Gasteiger partial charge in [-0.15, -0.1) is 0 Å². The molecule has 0 spiro atoms. The Morgan fingerprint density at radius 1 is 1.11 bits per heavy atom. The summed E-state index contributed by atoms with van der Waals surface area (Å²) in [5, 5.41) is 6.04. The molecular weight excluding hydrogens is 352 g/mol. The first-order chi connectivity index (χ1) is 13.7. The first-order valence-corrected chi connectivity index (χ1v) is 9.86. The van der Waals surface area contributed by atoms with E-state index in [1.54, 1.807) is 12.1 Å². The number of methoxy groups -OCH3 is 1. The van der Waals surface area contributed by atoms with Gasteiger partial charge in [0.05, 0.1) is 39.3 Å². The van der Waals surface area contributed by atoms with Gasteiger partial charge in [0.1, 0.15) is 5.75 Å². The molecule has 28 heavy (non-hydrogen) atoms. The van der Waals surface area contributed by atoms with Crippen molar-refractivity contribution in [3.05, 3.63) is 60.2 Å². The van der Waals surface area contributed by atoms with Crippen LogP contribution in [0.25, 0.3) is 0 Å². The van der Waals surface area contributed by atoms with Gasteiger partial charge >= 0.3 is 0 Å². The lowest BCUT2D eigenvalue weighted by Gasteiger charge is -2.34. The largest absolute Gasteiger partial charge is 0.497 e. The van der Waals surface area contributed by atoms with Gasteiger partial charge in [-0.1, -0.05) is 30.3 Å². The van der Waals surface area contributed by atoms with Crippen molar-refractivity contribution in [1.29, 1.82) is 0 Å². The predicted octanol–water partition coefficient (Wildman–Crippen LogP) is 1.36. The van der Waals surface area contributed by atoms with Crippen LogP contribution in [0.5, 0.6) is 5.75 Å². The maximum atomic E-state index is 12.9. The van der Waals surface area contributed by atoms with Crippen LogP contribution < -0.4 is 14.5 Å². The molecule has 1 N–H and O–H groups in total. The topological polar surface area (TPSA) is 49.6 Å². The van der Waals surface area contributed by atoms with Gasteiger partial charge in [0.25, 0.3) is 5.91 Å². The Hall–Kier alpha value is -2.86. The van der Waals surface area contributed by atoms with Crippen molar-refractivity contribution in [2.45, 2.75) is 12.5 Å². The first-order valence-electron chi connectivity index (χ1n) is 9.86. The van der Waals surface area contributed by atoms with Gasteiger partial charge in [-0.05, 0) is 29.8 Å². The zero-order valence-corrected chi connectivity index (χ0v) is 16.3. The lowest BCUT2D eigenvalue weighted by molar-refractivity contribution is -0.892. The molecule has 6 nitrogen and oxygen atoms in total. The predicted molar refractivity (Wildman–Crippen MR) is 110 cm³/mol. The molecule has 0 radical (unpaired) electrons. The summed E-state index contributed by atoms with van der Waals surface area (Å²) in [5.41, 5.74) is 2.35. The van der Waals surface area contributed by atoms with Crippen LogP contribution >= 0.6 is 0 Å². The van der Waals surface area contributed by atoms with E-state index in [1.807, 2.05) is 36.5 Å². The molecule has 2 aromatic carbocycles. The molecular formula is C22H27N4O2+.